The monoisotopic (exact) mass is 579 g/mol. The lowest BCUT2D eigenvalue weighted by Crippen LogP contribution is -2.56. The Morgan fingerprint density at radius 1 is 1.17 bits per heavy atom. The van der Waals surface area contributed by atoms with E-state index in [-0.39, 0.29) is 36.1 Å². The third kappa shape index (κ3) is 5.35. The van der Waals surface area contributed by atoms with Crippen LogP contribution in [0.1, 0.15) is 49.0 Å². The van der Waals surface area contributed by atoms with E-state index in [1.807, 2.05) is 18.2 Å². The Hall–Kier alpha value is -3.93. The Balaban J connectivity index is 1.24. The number of benzene rings is 1. The first-order valence-electron chi connectivity index (χ1n) is 14.8. The first-order valence-corrected chi connectivity index (χ1v) is 14.8. The van der Waals surface area contributed by atoms with Gasteiger partial charge in [0, 0.05) is 36.5 Å². The molecule has 6 rings (SSSR count). The Morgan fingerprint density at radius 3 is 2.76 bits per heavy atom. The fourth-order valence-electron chi connectivity index (χ4n) is 7.13. The van der Waals surface area contributed by atoms with E-state index in [1.165, 1.54) is 0 Å². The van der Waals surface area contributed by atoms with E-state index in [1.54, 1.807) is 18.1 Å². The van der Waals surface area contributed by atoms with Crippen molar-refractivity contribution in [3.63, 3.8) is 0 Å². The zero-order valence-electron chi connectivity index (χ0n) is 23.6. The molecule has 4 heterocycles. The molecule has 4 N–H and O–H groups in total. The van der Waals surface area contributed by atoms with Gasteiger partial charge in [-0.2, -0.15) is 0 Å². The van der Waals surface area contributed by atoms with E-state index in [9.17, 15) is 24.0 Å². The summed E-state index contributed by atoms with van der Waals surface area (Å²) in [7, 11) is 1.57. The number of rotatable bonds is 9. The molecule has 224 valence electrons. The number of nitrogens with one attached hydrogen (secondary N) is 4. The van der Waals surface area contributed by atoms with E-state index < -0.39 is 35.6 Å². The number of aromatic nitrogens is 1. The lowest BCUT2D eigenvalue weighted by molar-refractivity contribution is -0.141. The minimum absolute atomic E-state index is 0.0154. The van der Waals surface area contributed by atoms with Crippen LogP contribution in [0.4, 0.5) is 0 Å². The molecule has 0 spiro atoms. The summed E-state index contributed by atoms with van der Waals surface area (Å²) in [6.07, 6.45) is 3.79. The molecule has 0 unspecified atom stereocenters. The normalized spacial score (nSPS) is 27.5. The summed E-state index contributed by atoms with van der Waals surface area (Å²) in [6.45, 7) is 1.73. The Labute approximate surface area is 243 Å². The molecule has 12 nitrogen and oxygen atoms in total. The molecule has 3 saturated heterocycles. The summed E-state index contributed by atoms with van der Waals surface area (Å²) in [5.41, 5.74) is 1.10. The predicted molar refractivity (Wildman–Crippen MR) is 151 cm³/mol. The first kappa shape index (κ1) is 28.2. The van der Waals surface area contributed by atoms with Crippen LogP contribution < -0.4 is 20.7 Å². The van der Waals surface area contributed by atoms with Crippen LogP contribution in [0.3, 0.4) is 0 Å². The van der Waals surface area contributed by atoms with Crippen LogP contribution in [0.2, 0.25) is 0 Å². The molecule has 4 aliphatic rings. The number of nitrogens with zero attached hydrogens (tertiary/aromatic N) is 1. The quantitative estimate of drug-likeness (QED) is 0.321. The molecule has 0 radical (unpaired) electrons. The van der Waals surface area contributed by atoms with E-state index in [4.69, 9.17) is 9.47 Å². The number of hydrogen-bond donors (Lipinski definition) is 4. The second-order valence-corrected chi connectivity index (χ2v) is 11.8. The van der Waals surface area contributed by atoms with E-state index >= 15 is 0 Å². The third-order valence-corrected chi connectivity index (χ3v) is 9.30. The summed E-state index contributed by atoms with van der Waals surface area (Å²) in [5.74, 6) is -2.32. The average molecular weight is 580 g/mol. The van der Waals surface area contributed by atoms with E-state index in [2.05, 4.69) is 20.9 Å². The number of methoxy groups -OCH3 is 1. The van der Waals surface area contributed by atoms with Gasteiger partial charge in [-0.25, -0.2) is 0 Å². The van der Waals surface area contributed by atoms with Gasteiger partial charge < -0.3 is 35.3 Å². The highest BCUT2D eigenvalue weighted by molar-refractivity contribution is 6.38. The molecule has 42 heavy (non-hydrogen) atoms. The number of carbonyl (C=O) groups is 5. The Kier molecular flexibility index (Phi) is 7.89. The largest absolute Gasteiger partial charge is 0.496 e. The van der Waals surface area contributed by atoms with Crippen LogP contribution in [0, 0.1) is 17.8 Å². The van der Waals surface area contributed by atoms with Crippen LogP contribution in [-0.2, 0) is 23.9 Å². The number of Topliss-reactive ketones (excluding diaryl/α,β-unsaturated/α-hetero) is 1. The Bertz CT molecular complexity index is 1400. The molecule has 6 atom stereocenters. The summed E-state index contributed by atoms with van der Waals surface area (Å²) in [6, 6.07) is 4.99. The molecule has 4 fully saturated rings. The van der Waals surface area contributed by atoms with Crippen molar-refractivity contribution < 1.29 is 33.4 Å². The van der Waals surface area contributed by atoms with Crippen LogP contribution >= 0.6 is 0 Å². The highest BCUT2D eigenvalue weighted by Gasteiger charge is 2.50. The van der Waals surface area contributed by atoms with Gasteiger partial charge in [-0.05, 0) is 62.1 Å². The molecule has 3 aliphatic heterocycles. The van der Waals surface area contributed by atoms with Gasteiger partial charge in [0.25, 0.3) is 11.8 Å². The smallest absolute Gasteiger partial charge is 0.289 e. The molecule has 1 aromatic heterocycles. The van der Waals surface area contributed by atoms with Gasteiger partial charge >= 0.3 is 0 Å². The maximum Gasteiger partial charge on any atom is 0.289 e. The van der Waals surface area contributed by atoms with Crippen molar-refractivity contribution in [3.05, 3.63) is 30.0 Å². The molecule has 1 aromatic carbocycles. The number of ether oxygens (including phenoxy) is 2. The van der Waals surface area contributed by atoms with Crippen LogP contribution in [0.5, 0.6) is 5.75 Å². The molecule has 1 saturated carbocycles. The lowest BCUT2D eigenvalue weighted by atomic mass is 9.91. The van der Waals surface area contributed by atoms with Crippen molar-refractivity contribution in [3.8, 4) is 5.75 Å². The standard InChI is InChI=1S/C30H37N5O7/c1-41-24-7-3-6-21-20(24)13-23(33-21)30(40)35-14-17-4-2-5-19(17)25(35)28(38)34-22(12-16-8-10-31-27(16)37)26(36)29(39)32-18-9-11-42-15-18/h3,6-7,13,16-19,22,25,33H,2,4-5,8-12,14-15H2,1H3,(H,31,37)(H,32,39)(H,34,38)/t16-,17-,18-,19-,22-,25-/m0/s1. The molecule has 2 aromatic rings. The topological polar surface area (TPSA) is 159 Å². The maximum atomic E-state index is 14.0. The number of likely N-dealkylation sites (tertiary alicyclic amines) is 1. The van der Waals surface area contributed by atoms with Gasteiger partial charge in [-0.15, -0.1) is 0 Å². The molecule has 4 amide bonds. The van der Waals surface area contributed by atoms with Crippen molar-refractivity contribution in [2.24, 2.45) is 17.8 Å². The summed E-state index contributed by atoms with van der Waals surface area (Å²) >= 11 is 0. The molecular formula is C30H37N5O7. The second kappa shape index (κ2) is 11.7. The Morgan fingerprint density at radius 2 is 2.02 bits per heavy atom. The van der Waals surface area contributed by atoms with Gasteiger partial charge in [0.15, 0.2) is 0 Å². The molecule has 12 heteroatoms. The number of amides is 4. The molecule has 0 bridgehead atoms. The highest BCUT2D eigenvalue weighted by atomic mass is 16.5. The minimum atomic E-state index is -1.19. The first-order chi connectivity index (χ1) is 20.3. The minimum Gasteiger partial charge on any atom is -0.496 e. The van der Waals surface area contributed by atoms with Crippen molar-refractivity contribution in [2.45, 2.75) is 56.7 Å². The molecule has 1 aliphatic carbocycles. The number of carbonyl (C=O) groups excluding carboxylic acids is 5. The van der Waals surface area contributed by atoms with Gasteiger partial charge in [0.05, 0.1) is 25.8 Å². The summed E-state index contributed by atoms with van der Waals surface area (Å²) in [4.78, 5) is 71.4. The van der Waals surface area contributed by atoms with Crippen LogP contribution in [0.25, 0.3) is 10.9 Å². The fraction of sp³-hybridized carbons (Fsp3) is 0.567. The summed E-state index contributed by atoms with van der Waals surface area (Å²) in [5, 5.41) is 9.04. The molecular weight excluding hydrogens is 542 g/mol. The lowest BCUT2D eigenvalue weighted by Gasteiger charge is -2.29. The fourth-order valence-corrected chi connectivity index (χ4v) is 7.13. The van der Waals surface area contributed by atoms with Crippen molar-refractivity contribution in [1.82, 2.24) is 25.8 Å². The van der Waals surface area contributed by atoms with Gasteiger partial charge in [0.1, 0.15) is 17.5 Å². The zero-order valence-corrected chi connectivity index (χ0v) is 23.6. The van der Waals surface area contributed by atoms with Gasteiger partial charge in [-0.1, -0.05) is 12.5 Å². The SMILES string of the molecule is COc1cccc2[nH]c(C(=O)N3C[C@@H]4CCC[C@@H]4[C@H]3C(=O)N[C@@H](C[C@@H]3CCNC3=O)C(=O)C(=O)N[C@H]3CCOC3)cc12. The van der Waals surface area contributed by atoms with E-state index in [0.29, 0.717) is 50.6 Å². The van der Waals surface area contributed by atoms with Gasteiger partial charge in [0.2, 0.25) is 17.6 Å². The number of H-pyrrole nitrogens is 1. The zero-order chi connectivity index (χ0) is 29.4. The average Bonchev–Trinajstić information content (AvgIpc) is 3.81. The highest BCUT2D eigenvalue weighted by Crippen LogP contribution is 2.43. The maximum absolute atomic E-state index is 14.0. The van der Waals surface area contributed by atoms with E-state index in [0.717, 1.165) is 30.2 Å². The van der Waals surface area contributed by atoms with Crippen LogP contribution in [-0.4, -0.2) is 90.8 Å². The summed E-state index contributed by atoms with van der Waals surface area (Å²) < 4.78 is 10.7. The number of aromatic amines is 1. The van der Waals surface area contributed by atoms with Crippen molar-refractivity contribution in [1.29, 1.82) is 0 Å². The predicted octanol–water partition coefficient (Wildman–Crippen LogP) is 0.902. The number of fused-ring (bicyclic) bond motifs is 2. The van der Waals surface area contributed by atoms with Crippen LogP contribution in [0.15, 0.2) is 24.3 Å². The van der Waals surface area contributed by atoms with Gasteiger partial charge in [-0.3, -0.25) is 24.0 Å². The third-order valence-electron chi connectivity index (χ3n) is 9.30. The second-order valence-electron chi connectivity index (χ2n) is 11.8. The van der Waals surface area contributed by atoms with Crippen molar-refractivity contribution >= 4 is 40.3 Å². The number of ketones is 1. The number of hydrogen-bond acceptors (Lipinski definition) is 7. The van der Waals surface area contributed by atoms with Crippen molar-refractivity contribution in [2.75, 3.05) is 33.4 Å².